The largest absolute Gasteiger partial charge is 1.00 e. The van der Waals surface area contributed by atoms with Crippen molar-refractivity contribution in [3.63, 3.8) is 0 Å². The number of para-hydroxylation sites is 2. The Balaban J connectivity index is 0.00000225. The van der Waals surface area contributed by atoms with Crippen LogP contribution >= 0.6 is 12.2 Å². The first-order valence-electron chi connectivity index (χ1n) is 8.87. The number of rotatable bonds is 3. The maximum absolute atomic E-state index is 13.0. The molecule has 0 spiro atoms. The molecule has 2 aromatic carbocycles. The van der Waals surface area contributed by atoms with E-state index in [-0.39, 0.29) is 29.6 Å². The molecule has 0 aliphatic carbocycles. The molecule has 0 aromatic heterocycles. The number of thiocarbonyl (C=S) groups is 1. The van der Waals surface area contributed by atoms with Gasteiger partial charge in [-0.1, -0.05) is 28.6 Å². The van der Waals surface area contributed by atoms with Crippen LogP contribution in [-0.2, 0) is 22.5 Å². The number of sulfone groups is 1. The summed E-state index contributed by atoms with van der Waals surface area (Å²) in [6.07, 6.45) is 0. The maximum Gasteiger partial charge on any atom is 1.00 e. The molecule has 2 aliphatic rings. The molecule has 9 heteroatoms. The van der Waals surface area contributed by atoms with E-state index in [2.05, 4.69) is 14.7 Å². The number of anilines is 2. The molecule has 0 bridgehead atoms. The molecule has 1 saturated heterocycles. The van der Waals surface area contributed by atoms with Crippen LogP contribution in [0.1, 0.15) is 0 Å². The number of hydrogen-bond acceptors (Lipinski definition) is 6. The predicted octanol–water partition coefficient (Wildman–Crippen LogP) is -0.576. The first kappa shape index (κ1) is 22.0. The van der Waals surface area contributed by atoms with Gasteiger partial charge in [-0.05, 0) is 24.3 Å². The van der Waals surface area contributed by atoms with E-state index in [1.807, 2.05) is 24.3 Å². The second-order valence-corrected chi connectivity index (χ2v) is 9.60. The van der Waals surface area contributed by atoms with Gasteiger partial charge in [0.2, 0.25) is 9.84 Å². The van der Waals surface area contributed by atoms with Crippen molar-refractivity contribution in [2.24, 2.45) is 0 Å². The Morgan fingerprint density at radius 2 is 1.39 bits per heavy atom. The molecule has 0 atom stereocenters. The fraction of sp³-hybridized carbons (Fsp3) is 0.316. The van der Waals surface area contributed by atoms with Gasteiger partial charge in [0.15, 0.2) is 0 Å². The average Bonchev–Trinajstić information content (AvgIpc) is 2.68. The van der Waals surface area contributed by atoms with E-state index in [9.17, 15) is 8.42 Å². The summed E-state index contributed by atoms with van der Waals surface area (Å²) in [5, 5.41) is 0. The van der Waals surface area contributed by atoms with Gasteiger partial charge in [0.1, 0.15) is 0 Å². The minimum Gasteiger partial charge on any atom is -0.411 e. The van der Waals surface area contributed by atoms with Gasteiger partial charge in [-0.3, -0.25) is 4.90 Å². The van der Waals surface area contributed by atoms with Crippen molar-refractivity contribution in [3.05, 3.63) is 48.5 Å². The van der Waals surface area contributed by atoms with E-state index in [1.54, 1.807) is 24.3 Å². The summed E-state index contributed by atoms with van der Waals surface area (Å²) in [5.74, 6) is 0. The molecule has 0 N–H and O–H groups in total. The van der Waals surface area contributed by atoms with Gasteiger partial charge in [0.25, 0.3) is 0 Å². The summed E-state index contributed by atoms with van der Waals surface area (Å²) in [6, 6.07) is 14.5. The summed E-state index contributed by atoms with van der Waals surface area (Å²) >= 11 is 10.2. The van der Waals surface area contributed by atoms with E-state index in [0.29, 0.717) is 14.1 Å². The van der Waals surface area contributed by atoms with E-state index >= 15 is 0 Å². The van der Waals surface area contributed by atoms with Crippen LogP contribution in [0.2, 0.25) is 0 Å². The van der Waals surface area contributed by atoms with Crippen molar-refractivity contribution < 1.29 is 38.0 Å². The first-order chi connectivity index (χ1) is 13.0. The van der Waals surface area contributed by atoms with Gasteiger partial charge >= 0.3 is 29.6 Å². The van der Waals surface area contributed by atoms with Gasteiger partial charge in [-0.2, -0.15) is 0 Å². The Kier molecular flexibility index (Phi) is 7.02. The molecule has 142 valence electrons. The third kappa shape index (κ3) is 4.09. The molecular formula is C19H20N3NaO2S3. The molecule has 0 unspecified atom stereocenters. The average molecular weight is 442 g/mol. The molecule has 2 aromatic rings. The zero-order valence-corrected chi connectivity index (χ0v) is 20.2. The summed E-state index contributed by atoms with van der Waals surface area (Å²) in [4.78, 5) is 7.31. The van der Waals surface area contributed by atoms with Gasteiger partial charge in [0.05, 0.1) is 21.2 Å². The Morgan fingerprint density at radius 1 is 0.893 bits per heavy atom. The van der Waals surface area contributed by atoms with Crippen molar-refractivity contribution in [1.82, 2.24) is 9.80 Å². The van der Waals surface area contributed by atoms with Crippen molar-refractivity contribution >= 4 is 50.4 Å². The monoisotopic (exact) mass is 441 g/mol. The van der Waals surface area contributed by atoms with Crippen LogP contribution < -0.4 is 34.5 Å². The Bertz CT molecular complexity index is 922. The molecule has 0 saturated carbocycles. The van der Waals surface area contributed by atoms with Crippen LogP contribution in [0, 0.1) is 0 Å². The van der Waals surface area contributed by atoms with Crippen LogP contribution in [0.5, 0.6) is 0 Å². The Labute approximate surface area is 199 Å². The van der Waals surface area contributed by atoms with Crippen molar-refractivity contribution in [1.29, 1.82) is 0 Å². The van der Waals surface area contributed by atoms with Crippen molar-refractivity contribution in [2.75, 3.05) is 44.2 Å². The second kappa shape index (κ2) is 8.95. The van der Waals surface area contributed by atoms with E-state index in [4.69, 9.17) is 24.8 Å². The van der Waals surface area contributed by atoms with Crippen LogP contribution in [0.4, 0.5) is 11.4 Å². The fourth-order valence-electron chi connectivity index (χ4n) is 3.70. The second-order valence-electron chi connectivity index (χ2n) is 6.69. The molecular weight excluding hydrogens is 421 g/mol. The number of nitrogens with zero attached hydrogens (tertiary/aromatic N) is 3. The van der Waals surface area contributed by atoms with Crippen LogP contribution in [0.3, 0.4) is 0 Å². The number of benzene rings is 2. The smallest absolute Gasteiger partial charge is 0.411 e. The molecule has 5 nitrogen and oxygen atoms in total. The van der Waals surface area contributed by atoms with Crippen molar-refractivity contribution in [3.8, 4) is 0 Å². The third-order valence-corrected chi connectivity index (χ3v) is 7.53. The van der Waals surface area contributed by atoms with E-state index in [0.717, 1.165) is 50.6 Å². The zero-order valence-electron chi connectivity index (χ0n) is 15.7. The van der Waals surface area contributed by atoms with Crippen LogP contribution in [0.25, 0.3) is 0 Å². The van der Waals surface area contributed by atoms with Gasteiger partial charge in [-0.15, -0.1) is 0 Å². The minimum absolute atomic E-state index is 0. The summed E-state index contributed by atoms with van der Waals surface area (Å²) in [5.41, 5.74) is 1.50. The van der Waals surface area contributed by atoms with Gasteiger partial charge < -0.3 is 34.6 Å². The van der Waals surface area contributed by atoms with E-state index < -0.39 is 9.84 Å². The first-order valence-corrected chi connectivity index (χ1v) is 11.2. The minimum atomic E-state index is -3.48. The van der Waals surface area contributed by atoms with Crippen LogP contribution in [0.15, 0.2) is 58.3 Å². The molecule has 28 heavy (non-hydrogen) atoms. The molecule has 2 heterocycles. The number of fused-ring (bicyclic) bond motifs is 2. The third-order valence-electron chi connectivity index (χ3n) is 5.16. The Morgan fingerprint density at radius 3 is 1.89 bits per heavy atom. The summed E-state index contributed by atoms with van der Waals surface area (Å²) < 4.78 is 26.5. The number of hydrogen-bond donors (Lipinski definition) is 0. The topological polar surface area (TPSA) is 43.9 Å². The predicted molar refractivity (Wildman–Crippen MR) is 113 cm³/mol. The fourth-order valence-corrected chi connectivity index (χ4v) is 5.72. The standard InChI is InChI=1S/C19H21N3O2S3.Na/c23-27(24)17-7-3-1-5-15(17)22(16-6-2-4-8-18(16)27)14-11-20-9-12-21(13-10-20)19(25)26;/h1-8H,9-14H2,(H,25,26);/q;+1/p-1. The quantitative estimate of drug-likeness (QED) is 0.359. The maximum atomic E-state index is 13.0. The van der Waals surface area contributed by atoms with Crippen molar-refractivity contribution in [2.45, 2.75) is 9.79 Å². The molecule has 4 rings (SSSR count). The SMILES string of the molecule is O=S1(=O)c2ccccc2N(CCN2CCN(C(=S)[S-])CC2)c2ccccc21.[Na+]. The molecule has 2 aliphatic heterocycles. The zero-order chi connectivity index (χ0) is 19.0. The van der Waals surface area contributed by atoms with Gasteiger partial charge in [-0.25, -0.2) is 8.42 Å². The van der Waals surface area contributed by atoms with Gasteiger partial charge in [0, 0.05) is 39.3 Å². The molecule has 0 amide bonds. The molecule has 1 fully saturated rings. The number of piperazine rings is 1. The van der Waals surface area contributed by atoms with E-state index in [1.165, 1.54) is 0 Å². The summed E-state index contributed by atoms with van der Waals surface area (Å²) in [7, 11) is -3.48. The molecule has 0 radical (unpaired) electrons. The van der Waals surface area contributed by atoms with Crippen LogP contribution in [-0.4, -0.2) is 61.8 Å². The normalized spacial score (nSPS) is 18.0. The Hall–Kier alpha value is -0.740. The summed E-state index contributed by atoms with van der Waals surface area (Å²) in [6.45, 7) is 5.09.